The van der Waals surface area contributed by atoms with E-state index in [0.29, 0.717) is 29.3 Å². The minimum Gasteiger partial charge on any atom is -0.308 e. The number of carbonyl (C=O) groups excluding carboxylic acids is 2. The zero-order valence-electron chi connectivity index (χ0n) is 18.4. The number of benzene rings is 3. The summed E-state index contributed by atoms with van der Waals surface area (Å²) in [6.45, 7) is 2.64. The predicted octanol–water partition coefficient (Wildman–Crippen LogP) is 3.86. The molecule has 4 N–H and O–H groups in total. The van der Waals surface area contributed by atoms with Crippen LogP contribution in [0.25, 0.3) is 0 Å². The summed E-state index contributed by atoms with van der Waals surface area (Å²) in [4.78, 5) is 31.4. The molecule has 0 fully saturated rings. The Morgan fingerprint density at radius 2 is 1.53 bits per heavy atom. The Hall–Kier alpha value is -4.02. The number of para-hydroxylation sites is 1. The van der Waals surface area contributed by atoms with Gasteiger partial charge < -0.3 is 15.5 Å². The first-order valence-corrected chi connectivity index (χ1v) is 12.1. The van der Waals surface area contributed by atoms with Gasteiger partial charge in [0.2, 0.25) is 10.0 Å². The molecule has 0 aliphatic carbocycles. The van der Waals surface area contributed by atoms with Crippen molar-refractivity contribution in [2.75, 3.05) is 22.1 Å². The summed E-state index contributed by atoms with van der Waals surface area (Å²) >= 11 is 0. The van der Waals surface area contributed by atoms with Crippen LogP contribution in [-0.4, -0.2) is 32.6 Å². The largest absolute Gasteiger partial charge is 0.323 e. The summed E-state index contributed by atoms with van der Waals surface area (Å²) in [6.07, 6.45) is 0.839. The molecule has 3 amide bonds. The minimum atomic E-state index is -3.80. The standard InChI is InChI=1S/C24H23N5O4S/c1-2-15-29-21-6-4-3-5-20(21)22(23(29)30)26-16-7-9-17(10-8-16)27-24(31)28-18-11-13-19(14-12-18)34(25,32)33/h3-14H,2,15H2,1H3,(H2,25,32,33)(H2,27,28,31). The fourth-order valence-electron chi connectivity index (χ4n) is 3.59. The first-order valence-electron chi connectivity index (χ1n) is 10.6. The van der Waals surface area contributed by atoms with Crippen LogP contribution in [0.3, 0.4) is 0 Å². The number of nitrogens with one attached hydrogen (secondary N) is 2. The average Bonchev–Trinajstić information content (AvgIpc) is 3.06. The molecular weight excluding hydrogens is 454 g/mol. The molecule has 0 aromatic heterocycles. The van der Waals surface area contributed by atoms with Crippen molar-refractivity contribution in [2.24, 2.45) is 10.1 Å². The molecular formula is C24H23N5O4S. The second-order valence-electron chi connectivity index (χ2n) is 7.63. The van der Waals surface area contributed by atoms with E-state index in [0.717, 1.165) is 17.7 Å². The van der Waals surface area contributed by atoms with Gasteiger partial charge in [0.25, 0.3) is 5.91 Å². The quantitative estimate of drug-likeness (QED) is 0.497. The molecule has 0 atom stereocenters. The molecule has 0 unspecified atom stereocenters. The van der Waals surface area contributed by atoms with Gasteiger partial charge in [-0.05, 0) is 61.0 Å². The molecule has 3 aromatic carbocycles. The lowest BCUT2D eigenvalue weighted by atomic mass is 10.1. The van der Waals surface area contributed by atoms with Gasteiger partial charge in [0.05, 0.1) is 16.3 Å². The predicted molar refractivity (Wildman–Crippen MR) is 132 cm³/mol. The number of carbonyl (C=O) groups is 2. The van der Waals surface area contributed by atoms with Crippen LogP contribution in [0.1, 0.15) is 18.9 Å². The van der Waals surface area contributed by atoms with Crippen LogP contribution in [-0.2, 0) is 14.8 Å². The van der Waals surface area contributed by atoms with Crippen LogP contribution in [0.15, 0.2) is 82.7 Å². The lowest BCUT2D eigenvalue weighted by Crippen LogP contribution is -2.30. The van der Waals surface area contributed by atoms with E-state index in [1.165, 1.54) is 24.3 Å². The number of amides is 3. The molecule has 0 saturated carbocycles. The maximum atomic E-state index is 12.9. The zero-order chi connectivity index (χ0) is 24.3. The lowest BCUT2D eigenvalue weighted by Gasteiger charge is -2.15. The number of primary sulfonamides is 1. The van der Waals surface area contributed by atoms with Gasteiger partial charge in [0.15, 0.2) is 0 Å². The molecule has 10 heteroatoms. The van der Waals surface area contributed by atoms with Crippen molar-refractivity contribution in [3.05, 3.63) is 78.4 Å². The van der Waals surface area contributed by atoms with Gasteiger partial charge in [-0.15, -0.1) is 0 Å². The maximum Gasteiger partial charge on any atom is 0.323 e. The van der Waals surface area contributed by atoms with Crippen molar-refractivity contribution >= 4 is 50.4 Å². The van der Waals surface area contributed by atoms with Gasteiger partial charge >= 0.3 is 6.03 Å². The van der Waals surface area contributed by atoms with Gasteiger partial charge in [0.1, 0.15) is 5.71 Å². The number of aliphatic imine (C=N–C) groups is 1. The van der Waals surface area contributed by atoms with E-state index in [4.69, 9.17) is 5.14 Å². The summed E-state index contributed by atoms with van der Waals surface area (Å²) in [7, 11) is -3.80. The Morgan fingerprint density at radius 3 is 2.12 bits per heavy atom. The molecule has 1 aliphatic heterocycles. The van der Waals surface area contributed by atoms with Crippen molar-refractivity contribution in [1.29, 1.82) is 0 Å². The molecule has 0 radical (unpaired) electrons. The van der Waals surface area contributed by atoms with E-state index in [9.17, 15) is 18.0 Å². The van der Waals surface area contributed by atoms with Crippen LogP contribution in [0.2, 0.25) is 0 Å². The topological polar surface area (TPSA) is 134 Å². The average molecular weight is 478 g/mol. The summed E-state index contributed by atoms with van der Waals surface area (Å²) < 4.78 is 22.6. The SMILES string of the molecule is CCCN1C(=O)C(=Nc2ccc(NC(=O)Nc3ccc(S(N)(=O)=O)cc3)cc2)c2ccccc21. The van der Waals surface area contributed by atoms with Crippen molar-refractivity contribution in [1.82, 2.24) is 0 Å². The molecule has 0 spiro atoms. The highest BCUT2D eigenvalue weighted by molar-refractivity contribution is 7.89. The highest BCUT2D eigenvalue weighted by atomic mass is 32.2. The highest BCUT2D eigenvalue weighted by Gasteiger charge is 2.32. The number of nitrogens with two attached hydrogens (primary N) is 1. The van der Waals surface area contributed by atoms with E-state index in [1.807, 2.05) is 31.2 Å². The number of rotatable bonds is 6. The van der Waals surface area contributed by atoms with Crippen LogP contribution < -0.4 is 20.7 Å². The van der Waals surface area contributed by atoms with E-state index < -0.39 is 16.1 Å². The maximum absolute atomic E-state index is 12.9. The summed E-state index contributed by atoms with van der Waals surface area (Å²) in [5.74, 6) is -0.127. The second-order valence-corrected chi connectivity index (χ2v) is 9.19. The monoisotopic (exact) mass is 477 g/mol. The van der Waals surface area contributed by atoms with Gasteiger partial charge in [-0.25, -0.2) is 23.3 Å². The van der Waals surface area contributed by atoms with Crippen LogP contribution in [0, 0.1) is 0 Å². The fraction of sp³-hybridized carbons (Fsp3) is 0.125. The molecule has 1 heterocycles. The number of hydrogen-bond donors (Lipinski definition) is 3. The Kier molecular flexibility index (Phi) is 6.44. The molecule has 9 nitrogen and oxygen atoms in total. The van der Waals surface area contributed by atoms with E-state index in [2.05, 4.69) is 15.6 Å². The Bertz CT molecular complexity index is 1370. The first kappa shape index (κ1) is 23.1. The number of anilines is 3. The Morgan fingerprint density at radius 1 is 0.941 bits per heavy atom. The Labute approximate surface area is 197 Å². The summed E-state index contributed by atoms with van der Waals surface area (Å²) in [5.41, 5.74) is 3.57. The third kappa shape index (κ3) is 4.98. The van der Waals surface area contributed by atoms with Crippen LogP contribution in [0.4, 0.5) is 27.5 Å². The number of urea groups is 1. The molecule has 174 valence electrons. The zero-order valence-corrected chi connectivity index (χ0v) is 19.2. The van der Waals surface area contributed by atoms with Gasteiger partial charge in [-0.2, -0.15) is 0 Å². The van der Waals surface area contributed by atoms with E-state index in [-0.39, 0.29) is 10.8 Å². The van der Waals surface area contributed by atoms with Gasteiger partial charge in [-0.1, -0.05) is 25.1 Å². The molecule has 34 heavy (non-hydrogen) atoms. The van der Waals surface area contributed by atoms with Crippen molar-refractivity contribution in [3.8, 4) is 0 Å². The van der Waals surface area contributed by atoms with Crippen molar-refractivity contribution in [2.45, 2.75) is 18.2 Å². The molecule has 1 aliphatic rings. The summed E-state index contributed by atoms with van der Waals surface area (Å²) in [6, 6.07) is 19.4. The molecule has 0 saturated heterocycles. The minimum absolute atomic E-state index is 0.0446. The van der Waals surface area contributed by atoms with E-state index in [1.54, 1.807) is 29.2 Å². The third-order valence-electron chi connectivity index (χ3n) is 5.15. The van der Waals surface area contributed by atoms with Gasteiger partial charge in [0, 0.05) is 23.5 Å². The lowest BCUT2D eigenvalue weighted by molar-refractivity contribution is -0.112. The van der Waals surface area contributed by atoms with Crippen LogP contribution in [0.5, 0.6) is 0 Å². The third-order valence-corrected chi connectivity index (χ3v) is 6.08. The number of nitrogens with zero attached hydrogens (tertiary/aromatic N) is 2. The first-order chi connectivity index (χ1) is 16.3. The number of sulfonamides is 1. The second kappa shape index (κ2) is 9.46. The molecule has 3 aromatic rings. The van der Waals surface area contributed by atoms with Gasteiger partial charge in [-0.3, -0.25) is 4.79 Å². The van der Waals surface area contributed by atoms with Crippen molar-refractivity contribution < 1.29 is 18.0 Å². The van der Waals surface area contributed by atoms with Crippen LogP contribution >= 0.6 is 0 Å². The Balaban J connectivity index is 1.45. The highest BCUT2D eigenvalue weighted by Crippen LogP contribution is 2.31. The smallest absolute Gasteiger partial charge is 0.308 e. The fourth-order valence-corrected chi connectivity index (χ4v) is 4.10. The molecule has 4 rings (SSSR count). The normalized spacial score (nSPS) is 14.2. The summed E-state index contributed by atoms with van der Waals surface area (Å²) in [5, 5.41) is 10.4. The number of fused-ring (bicyclic) bond motifs is 1. The van der Waals surface area contributed by atoms with Crippen molar-refractivity contribution in [3.63, 3.8) is 0 Å². The molecule has 0 bridgehead atoms. The van der Waals surface area contributed by atoms with E-state index >= 15 is 0 Å². The number of hydrogen-bond acceptors (Lipinski definition) is 5.